The molecule has 3 nitrogen and oxygen atoms in total. The SMILES string of the molecule is CCn1cc(Br)cc1C(=O)NCC1(C)CCCCC1. The van der Waals surface area contributed by atoms with Gasteiger partial charge < -0.3 is 9.88 Å². The van der Waals surface area contributed by atoms with Crippen molar-refractivity contribution < 1.29 is 4.79 Å². The topological polar surface area (TPSA) is 34.0 Å². The molecule has 1 aromatic rings. The zero-order valence-corrected chi connectivity index (χ0v) is 13.4. The summed E-state index contributed by atoms with van der Waals surface area (Å²) in [4.78, 5) is 12.3. The van der Waals surface area contributed by atoms with Gasteiger partial charge in [-0.2, -0.15) is 0 Å². The Kier molecular flexibility index (Phi) is 4.71. The number of nitrogens with one attached hydrogen (secondary N) is 1. The van der Waals surface area contributed by atoms with Gasteiger partial charge in [0.1, 0.15) is 5.69 Å². The van der Waals surface area contributed by atoms with Crippen molar-refractivity contribution in [3.05, 3.63) is 22.4 Å². The second kappa shape index (κ2) is 6.12. The van der Waals surface area contributed by atoms with Crippen LogP contribution in [0.3, 0.4) is 0 Å². The van der Waals surface area contributed by atoms with E-state index in [0.29, 0.717) is 0 Å². The van der Waals surface area contributed by atoms with Crippen LogP contribution in [0.15, 0.2) is 16.7 Å². The lowest BCUT2D eigenvalue weighted by Gasteiger charge is -2.33. The maximum atomic E-state index is 12.3. The van der Waals surface area contributed by atoms with Gasteiger partial charge in [-0.1, -0.05) is 26.2 Å². The van der Waals surface area contributed by atoms with Crippen molar-refractivity contribution in [2.24, 2.45) is 5.41 Å². The van der Waals surface area contributed by atoms with Crippen LogP contribution in [0, 0.1) is 5.41 Å². The smallest absolute Gasteiger partial charge is 0.267 e. The van der Waals surface area contributed by atoms with Crippen molar-refractivity contribution >= 4 is 21.8 Å². The van der Waals surface area contributed by atoms with Gasteiger partial charge in [-0.3, -0.25) is 4.79 Å². The molecule has 1 amide bonds. The highest BCUT2D eigenvalue weighted by atomic mass is 79.9. The second-order valence-corrected chi connectivity index (χ2v) is 6.80. The minimum atomic E-state index is 0.0411. The Hall–Kier alpha value is -0.770. The van der Waals surface area contributed by atoms with Gasteiger partial charge in [0.05, 0.1) is 0 Å². The largest absolute Gasteiger partial charge is 0.350 e. The molecule has 4 heteroatoms. The number of rotatable bonds is 4. The van der Waals surface area contributed by atoms with Gasteiger partial charge in [-0.15, -0.1) is 0 Å². The summed E-state index contributed by atoms with van der Waals surface area (Å²) in [7, 11) is 0. The van der Waals surface area contributed by atoms with Crippen molar-refractivity contribution in [2.45, 2.75) is 52.5 Å². The lowest BCUT2D eigenvalue weighted by molar-refractivity contribution is 0.0910. The first kappa shape index (κ1) is 14.6. The number of hydrogen-bond donors (Lipinski definition) is 1. The van der Waals surface area contributed by atoms with Crippen LogP contribution in [0.4, 0.5) is 0 Å². The quantitative estimate of drug-likeness (QED) is 0.892. The van der Waals surface area contributed by atoms with Gasteiger partial charge in [-0.05, 0) is 47.2 Å². The molecule has 0 spiro atoms. The third kappa shape index (κ3) is 3.62. The van der Waals surface area contributed by atoms with E-state index in [4.69, 9.17) is 0 Å². The summed E-state index contributed by atoms with van der Waals surface area (Å²) in [6.45, 7) is 5.94. The number of carbonyl (C=O) groups excluding carboxylic acids is 1. The molecule has 1 aromatic heterocycles. The number of aromatic nitrogens is 1. The van der Waals surface area contributed by atoms with Gasteiger partial charge in [-0.25, -0.2) is 0 Å². The Bertz CT molecular complexity index is 447. The lowest BCUT2D eigenvalue weighted by atomic mass is 9.76. The van der Waals surface area contributed by atoms with Gasteiger partial charge in [0.2, 0.25) is 0 Å². The minimum Gasteiger partial charge on any atom is -0.350 e. The standard InChI is InChI=1S/C15H23BrN2O/c1-3-18-10-12(16)9-13(18)14(19)17-11-15(2)7-5-4-6-8-15/h9-10H,3-8,11H2,1-2H3,(H,17,19). The molecule has 19 heavy (non-hydrogen) atoms. The van der Waals surface area contributed by atoms with Crippen molar-refractivity contribution in [3.8, 4) is 0 Å². The van der Waals surface area contributed by atoms with Crippen LogP contribution in [0.25, 0.3) is 0 Å². The van der Waals surface area contributed by atoms with Crippen molar-refractivity contribution in [1.29, 1.82) is 0 Å². The van der Waals surface area contributed by atoms with E-state index in [2.05, 4.69) is 28.2 Å². The van der Waals surface area contributed by atoms with Gasteiger partial charge in [0, 0.05) is 23.8 Å². The monoisotopic (exact) mass is 326 g/mol. The molecule has 0 atom stereocenters. The molecule has 2 rings (SSSR count). The van der Waals surface area contributed by atoms with Gasteiger partial charge in [0.25, 0.3) is 5.91 Å². The van der Waals surface area contributed by atoms with Crippen molar-refractivity contribution in [2.75, 3.05) is 6.54 Å². The molecule has 0 unspecified atom stereocenters. The molecule has 1 fully saturated rings. The summed E-state index contributed by atoms with van der Waals surface area (Å²) in [5.74, 6) is 0.0411. The number of halogens is 1. The molecule has 0 saturated heterocycles. The molecule has 1 saturated carbocycles. The van der Waals surface area contributed by atoms with E-state index in [1.54, 1.807) is 0 Å². The third-order valence-corrected chi connectivity index (χ3v) is 4.61. The minimum absolute atomic E-state index is 0.0411. The molecule has 1 heterocycles. The first-order valence-corrected chi connectivity index (χ1v) is 7.97. The summed E-state index contributed by atoms with van der Waals surface area (Å²) >= 11 is 3.43. The number of amides is 1. The third-order valence-electron chi connectivity index (χ3n) is 4.17. The summed E-state index contributed by atoms with van der Waals surface area (Å²) in [5, 5.41) is 3.12. The van der Waals surface area contributed by atoms with Crippen LogP contribution >= 0.6 is 15.9 Å². The normalized spacial score (nSPS) is 18.3. The highest BCUT2D eigenvalue weighted by Crippen LogP contribution is 2.35. The maximum absolute atomic E-state index is 12.3. The van der Waals surface area contributed by atoms with E-state index in [1.165, 1.54) is 32.1 Å². The molecular weight excluding hydrogens is 304 g/mol. The molecule has 0 bridgehead atoms. The Morgan fingerprint density at radius 3 is 2.74 bits per heavy atom. The Balaban J connectivity index is 1.97. The molecule has 0 radical (unpaired) electrons. The van der Waals surface area contributed by atoms with E-state index in [0.717, 1.165) is 23.3 Å². The molecule has 106 valence electrons. The van der Waals surface area contributed by atoms with Gasteiger partial charge in [0.15, 0.2) is 0 Å². The van der Waals surface area contributed by atoms with Gasteiger partial charge >= 0.3 is 0 Å². The van der Waals surface area contributed by atoms with E-state index in [1.807, 2.05) is 23.8 Å². The number of hydrogen-bond acceptors (Lipinski definition) is 1. The van der Waals surface area contributed by atoms with E-state index < -0.39 is 0 Å². The fourth-order valence-electron chi connectivity index (χ4n) is 2.89. The van der Waals surface area contributed by atoms with Crippen LogP contribution in [0.5, 0.6) is 0 Å². The van der Waals surface area contributed by atoms with Crippen molar-refractivity contribution in [3.63, 3.8) is 0 Å². The Labute approximate surface area is 123 Å². The highest BCUT2D eigenvalue weighted by Gasteiger charge is 2.27. The number of carbonyl (C=O) groups is 1. The summed E-state index contributed by atoms with van der Waals surface area (Å²) in [5.41, 5.74) is 1.03. The molecular formula is C15H23BrN2O. The number of aryl methyl sites for hydroxylation is 1. The zero-order valence-electron chi connectivity index (χ0n) is 11.8. The molecule has 0 aliphatic heterocycles. The Morgan fingerprint density at radius 1 is 1.42 bits per heavy atom. The van der Waals surface area contributed by atoms with Crippen LogP contribution in [-0.4, -0.2) is 17.0 Å². The zero-order chi connectivity index (χ0) is 13.9. The molecule has 1 N–H and O–H groups in total. The van der Waals surface area contributed by atoms with Crippen LogP contribution in [0.2, 0.25) is 0 Å². The Morgan fingerprint density at radius 2 is 2.11 bits per heavy atom. The maximum Gasteiger partial charge on any atom is 0.267 e. The predicted molar refractivity (Wildman–Crippen MR) is 81.3 cm³/mol. The molecule has 1 aliphatic carbocycles. The second-order valence-electron chi connectivity index (χ2n) is 5.88. The number of nitrogens with zero attached hydrogens (tertiary/aromatic N) is 1. The summed E-state index contributed by atoms with van der Waals surface area (Å²) < 4.78 is 2.94. The fraction of sp³-hybridized carbons (Fsp3) is 0.667. The fourth-order valence-corrected chi connectivity index (χ4v) is 3.36. The first-order valence-electron chi connectivity index (χ1n) is 7.18. The van der Waals surface area contributed by atoms with Crippen LogP contribution in [0.1, 0.15) is 56.4 Å². The van der Waals surface area contributed by atoms with Crippen LogP contribution < -0.4 is 5.32 Å². The molecule has 0 aromatic carbocycles. The van der Waals surface area contributed by atoms with E-state index in [-0.39, 0.29) is 11.3 Å². The average Bonchev–Trinajstić information content (AvgIpc) is 2.78. The average molecular weight is 327 g/mol. The van der Waals surface area contributed by atoms with E-state index >= 15 is 0 Å². The van der Waals surface area contributed by atoms with Crippen molar-refractivity contribution in [1.82, 2.24) is 9.88 Å². The lowest BCUT2D eigenvalue weighted by Crippen LogP contribution is -2.37. The first-order chi connectivity index (χ1) is 9.04. The van der Waals surface area contributed by atoms with Crippen LogP contribution in [-0.2, 0) is 6.54 Å². The molecule has 1 aliphatic rings. The summed E-state index contributed by atoms with van der Waals surface area (Å²) in [6.07, 6.45) is 8.34. The highest BCUT2D eigenvalue weighted by molar-refractivity contribution is 9.10. The summed E-state index contributed by atoms with van der Waals surface area (Å²) in [6, 6.07) is 1.89. The van der Waals surface area contributed by atoms with E-state index in [9.17, 15) is 4.79 Å². The predicted octanol–water partition coefficient (Wildman–Crippen LogP) is 3.97.